The van der Waals surface area contributed by atoms with Gasteiger partial charge in [-0.2, -0.15) is 17.4 Å². The van der Waals surface area contributed by atoms with Crippen LogP contribution in [0.15, 0.2) is 10.6 Å². The third-order valence-electron chi connectivity index (χ3n) is 2.44. The van der Waals surface area contributed by atoms with Gasteiger partial charge in [-0.1, -0.05) is 6.92 Å². The summed E-state index contributed by atoms with van der Waals surface area (Å²) in [6.07, 6.45) is 2.95. The van der Waals surface area contributed by atoms with Crippen molar-refractivity contribution in [3.05, 3.63) is 17.8 Å². The Labute approximate surface area is 108 Å². The Hall–Kier alpha value is -0.960. The minimum atomic E-state index is -3.50. The van der Waals surface area contributed by atoms with E-state index in [0.717, 1.165) is 12.2 Å². The number of nitrogens with two attached hydrogens (primary N) is 1. The Morgan fingerprint density at radius 1 is 1.56 bits per heavy atom. The molecule has 0 fully saturated rings. The number of aromatic nitrogens is 1. The van der Waals surface area contributed by atoms with Crippen LogP contribution in [-0.4, -0.2) is 37.8 Å². The molecule has 1 heterocycles. The van der Waals surface area contributed by atoms with Crippen molar-refractivity contribution in [3.63, 3.8) is 0 Å². The normalized spacial score (nSPS) is 12.2. The molecule has 0 amide bonds. The summed E-state index contributed by atoms with van der Waals surface area (Å²) >= 11 is 0. The molecule has 1 aromatic heterocycles. The van der Waals surface area contributed by atoms with E-state index in [1.54, 1.807) is 6.20 Å². The fourth-order valence-corrected chi connectivity index (χ4v) is 2.19. The van der Waals surface area contributed by atoms with E-state index in [1.165, 1.54) is 11.4 Å². The molecule has 0 saturated heterocycles. The standard InChI is InChI=1S/C10H20N4O3S/c1-3-9-7-12-10(17-9)8-13-18(15,16)14(2)6-4-5-11/h7,13H,3-6,8,11H2,1-2H3. The van der Waals surface area contributed by atoms with E-state index in [9.17, 15) is 8.42 Å². The van der Waals surface area contributed by atoms with E-state index in [1.807, 2.05) is 6.92 Å². The summed E-state index contributed by atoms with van der Waals surface area (Å²) in [6.45, 7) is 2.83. The molecule has 0 bridgehead atoms. The fourth-order valence-electron chi connectivity index (χ4n) is 1.29. The minimum Gasteiger partial charge on any atom is -0.444 e. The van der Waals surface area contributed by atoms with Crippen LogP contribution in [0.2, 0.25) is 0 Å². The lowest BCUT2D eigenvalue weighted by molar-refractivity contribution is 0.430. The van der Waals surface area contributed by atoms with Crippen LogP contribution in [0.5, 0.6) is 0 Å². The second-order valence-corrected chi connectivity index (χ2v) is 5.73. The molecule has 1 aromatic rings. The zero-order valence-electron chi connectivity index (χ0n) is 10.7. The Balaban J connectivity index is 2.50. The maximum absolute atomic E-state index is 11.8. The van der Waals surface area contributed by atoms with Gasteiger partial charge in [0.2, 0.25) is 5.89 Å². The van der Waals surface area contributed by atoms with Gasteiger partial charge in [0.1, 0.15) is 5.76 Å². The van der Waals surface area contributed by atoms with Gasteiger partial charge in [0, 0.05) is 20.0 Å². The zero-order valence-corrected chi connectivity index (χ0v) is 11.5. The highest BCUT2D eigenvalue weighted by atomic mass is 32.2. The van der Waals surface area contributed by atoms with E-state index in [0.29, 0.717) is 25.4 Å². The third-order valence-corrected chi connectivity index (χ3v) is 3.96. The summed E-state index contributed by atoms with van der Waals surface area (Å²) < 4.78 is 32.5. The molecule has 0 aliphatic heterocycles. The van der Waals surface area contributed by atoms with E-state index in [-0.39, 0.29) is 6.54 Å². The van der Waals surface area contributed by atoms with Gasteiger partial charge in [0.15, 0.2) is 0 Å². The predicted octanol–water partition coefficient (Wildman–Crippen LogP) is -0.148. The van der Waals surface area contributed by atoms with Crippen LogP contribution in [-0.2, 0) is 23.2 Å². The minimum absolute atomic E-state index is 0.0509. The lowest BCUT2D eigenvalue weighted by Crippen LogP contribution is -2.38. The number of rotatable bonds is 8. The molecular weight excluding hydrogens is 256 g/mol. The fraction of sp³-hybridized carbons (Fsp3) is 0.700. The van der Waals surface area contributed by atoms with Crippen LogP contribution in [0.4, 0.5) is 0 Å². The highest BCUT2D eigenvalue weighted by Gasteiger charge is 2.17. The first-order chi connectivity index (χ1) is 8.49. The largest absolute Gasteiger partial charge is 0.444 e. The van der Waals surface area contributed by atoms with Crippen molar-refractivity contribution in [3.8, 4) is 0 Å². The highest BCUT2D eigenvalue weighted by molar-refractivity contribution is 7.87. The molecule has 1 rings (SSSR count). The van der Waals surface area contributed by atoms with E-state index < -0.39 is 10.2 Å². The van der Waals surface area contributed by atoms with Crippen molar-refractivity contribution < 1.29 is 12.8 Å². The van der Waals surface area contributed by atoms with Crippen LogP contribution in [0, 0.1) is 0 Å². The molecule has 0 saturated carbocycles. The van der Waals surface area contributed by atoms with E-state index in [2.05, 4.69) is 9.71 Å². The molecule has 0 aliphatic rings. The molecule has 18 heavy (non-hydrogen) atoms. The van der Waals surface area contributed by atoms with Crippen LogP contribution >= 0.6 is 0 Å². The number of oxazole rings is 1. The maximum atomic E-state index is 11.8. The monoisotopic (exact) mass is 276 g/mol. The number of nitrogens with one attached hydrogen (secondary N) is 1. The molecule has 8 heteroatoms. The van der Waals surface area contributed by atoms with Crippen molar-refractivity contribution in [1.82, 2.24) is 14.0 Å². The molecule has 7 nitrogen and oxygen atoms in total. The molecule has 0 unspecified atom stereocenters. The van der Waals surface area contributed by atoms with Crippen molar-refractivity contribution in [2.75, 3.05) is 20.1 Å². The van der Waals surface area contributed by atoms with Crippen LogP contribution < -0.4 is 10.5 Å². The highest BCUT2D eigenvalue weighted by Crippen LogP contribution is 2.05. The van der Waals surface area contributed by atoms with Crippen molar-refractivity contribution >= 4 is 10.2 Å². The van der Waals surface area contributed by atoms with Crippen LogP contribution in [0.3, 0.4) is 0 Å². The number of aryl methyl sites for hydroxylation is 1. The number of hydrogen-bond acceptors (Lipinski definition) is 5. The summed E-state index contributed by atoms with van der Waals surface area (Å²) in [5.41, 5.74) is 5.34. The predicted molar refractivity (Wildman–Crippen MR) is 67.9 cm³/mol. The van der Waals surface area contributed by atoms with E-state index in [4.69, 9.17) is 10.2 Å². The second-order valence-electron chi connectivity index (χ2n) is 3.86. The van der Waals surface area contributed by atoms with Crippen LogP contribution in [0.1, 0.15) is 25.0 Å². The van der Waals surface area contributed by atoms with Gasteiger partial charge >= 0.3 is 0 Å². The number of hydrogen-bond donors (Lipinski definition) is 2. The first-order valence-electron chi connectivity index (χ1n) is 5.84. The van der Waals surface area contributed by atoms with Gasteiger partial charge in [0.25, 0.3) is 10.2 Å². The van der Waals surface area contributed by atoms with Gasteiger partial charge in [0.05, 0.1) is 12.7 Å². The van der Waals surface area contributed by atoms with Crippen molar-refractivity contribution in [1.29, 1.82) is 0 Å². The Morgan fingerprint density at radius 2 is 2.28 bits per heavy atom. The zero-order chi connectivity index (χ0) is 13.6. The summed E-state index contributed by atoms with van der Waals surface area (Å²) in [5.74, 6) is 1.10. The Kier molecular flexibility index (Phi) is 5.73. The molecule has 0 spiro atoms. The lowest BCUT2D eigenvalue weighted by Gasteiger charge is -2.16. The maximum Gasteiger partial charge on any atom is 0.279 e. The summed E-state index contributed by atoms with van der Waals surface area (Å²) in [6, 6.07) is 0. The summed E-state index contributed by atoms with van der Waals surface area (Å²) in [7, 11) is -2.00. The third kappa shape index (κ3) is 4.37. The van der Waals surface area contributed by atoms with Gasteiger partial charge < -0.3 is 10.2 Å². The molecular formula is C10H20N4O3S. The lowest BCUT2D eigenvalue weighted by atomic mass is 10.4. The topological polar surface area (TPSA) is 101 Å². The Morgan fingerprint density at radius 3 is 2.83 bits per heavy atom. The van der Waals surface area contributed by atoms with Gasteiger partial charge in [-0.25, -0.2) is 4.98 Å². The first-order valence-corrected chi connectivity index (χ1v) is 7.28. The quantitative estimate of drug-likeness (QED) is 0.687. The Bertz CT molecular complexity index is 457. The molecule has 0 atom stereocenters. The summed E-state index contributed by atoms with van der Waals surface area (Å²) in [4.78, 5) is 3.98. The van der Waals surface area contributed by atoms with Gasteiger partial charge in [-0.05, 0) is 13.0 Å². The first kappa shape index (κ1) is 15.1. The molecule has 104 valence electrons. The van der Waals surface area contributed by atoms with Gasteiger partial charge in [-0.3, -0.25) is 0 Å². The average Bonchev–Trinajstić information content (AvgIpc) is 2.81. The SMILES string of the molecule is CCc1cnc(CNS(=O)(=O)N(C)CCCN)o1. The average molecular weight is 276 g/mol. The smallest absolute Gasteiger partial charge is 0.279 e. The molecule has 3 N–H and O–H groups in total. The number of nitrogens with zero attached hydrogens (tertiary/aromatic N) is 2. The van der Waals surface area contributed by atoms with Crippen molar-refractivity contribution in [2.24, 2.45) is 5.73 Å². The van der Waals surface area contributed by atoms with Gasteiger partial charge in [-0.15, -0.1) is 0 Å². The van der Waals surface area contributed by atoms with E-state index >= 15 is 0 Å². The molecule has 0 aliphatic carbocycles. The second kappa shape index (κ2) is 6.83. The summed E-state index contributed by atoms with van der Waals surface area (Å²) in [5, 5.41) is 0. The molecule has 0 radical (unpaired) electrons. The van der Waals surface area contributed by atoms with Crippen molar-refractivity contribution in [2.45, 2.75) is 26.3 Å². The molecule has 0 aromatic carbocycles. The van der Waals surface area contributed by atoms with Crippen LogP contribution in [0.25, 0.3) is 0 Å².